The summed E-state index contributed by atoms with van der Waals surface area (Å²) in [4.78, 5) is 51.6. The van der Waals surface area contributed by atoms with Crippen molar-refractivity contribution >= 4 is 46.5 Å². The monoisotopic (exact) mass is 531 g/mol. The van der Waals surface area contributed by atoms with Crippen LogP contribution in [-0.4, -0.2) is 45.6 Å². The molecule has 0 aliphatic carbocycles. The Morgan fingerprint density at radius 1 is 1.00 bits per heavy atom. The number of anilines is 1. The molecule has 0 unspecified atom stereocenters. The third-order valence-electron chi connectivity index (χ3n) is 6.34. The molecule has 1 N–H and O–H groups in total. The predicted octanol–water partition coefficient (Wildman–Crippen LogP) is 5.56. The van der Waals surface area contributed by atoms with E-state index in [1.54, 1.807) is 37.3 Å². The van der Waals surface area contributed by atoms with Crippen molar-refractivity contribution < 1.29 is 23.9 Å². The largest absolute Gasteiger partial charge is 0.462 e. The van der Waals surface area contributed by atoms with Crippen molar-refractivity contribution in [2.45, 2.75) is 34.6 Å². The second kappa shape index (κ2) is 11.1. The van der Waals surface area contributed by atoms with Crippen LogP contribution in [0, 0.1) is 27.7 Å². The number of aryl methyl sites for hydroxylation is 3. The molecule has 196 valence electrons. The van der Waals surface area contributed by atoms with Crippen LogP contribution in [0.2, 0.25) is 0 Å². The first-order valence-electron chi connectivity index (χ1n) is 12.2. The van der Waals surface area contributed by atoms with Crippen LogP contribution in [0.3, 0.4) is 0 Å². The fourth-order valence-corrected chi connectivity index (χ4v) is 5.09. The minimum absolute atomic E-state index is 0.245. The van der Waals surface area contributed by atoms with Crippen molar-refractivity contribution in [3.05, 3.63) is 87.1 Å². The van der Waals surface area contributed by atoms with Gasteiger partial charge in [0, 0.05) is 22.8 Å². The summed E-state index contributed by atoms with van der Waals surface area (Å²) in [7, 11) is 0. The van der Waals surface area contributed by atoms with Crippen LogP contribution in [0.25, 0.3) is 11.8 Å². The molecule has 38 heavy (non-hydrogen) atoms. The molecule has 0 atom stereocenters. The molecule has 8 nitrogen and oxygen atoms in total. The molecule has 3 amide bonds. The number of nitrogens with zero attached hydrogens (tertiary/aromatic N) is 2. The van der Waals surface area contributed by atoms with E-state index in [2.05, 4.69) is 5.32 Å². The van der Waals surface area contributed by atoms with Crippen molar-refractivity contribution in [2.75, 3.05) is 18.5 Å². The maximum absolute atomic E-state index is 13.0. The number of carbonyl (C=O) groups is 4. The van der Waals surface area contributed by atoms with Crippen LogP contribution >= 0.6 is 11.8 Å². The van der Waals surface area contributed by atoms with E-state index in [0.717, 1.165) is 50.4 Å². The Kier molecular flexibility index (Phi) is 7.87. The fourth-order valence-electron chi connectivity index (χ4n) is 4.26. The average molecular weight is 532 g/mol. The Morgan fingerprint density at radius 2 is 1.76 bits per heavy atom. The highest BCUT2D eigenvalue weighted by atomic mass is 32.2. The van der Waals surface area contributed by atoms with E-state index < -0.39 is 23.0 Å². The van der Waals surface area contributed by atoms with E-state index in [4.69, 9.17) is 4.74 Å². The van der Waals surface area contributed by atoms with Gasteiger partial charge in [-0.05, 0) is 106 Å². The fraction of sp³-hybridized carbons (Fsp3) is 0.241. The standard InChI is InChI=1S/C29H29N3O5S/c1-6-37-28(35)21-8-7-9-24(14-21)32-19(4)13-22(20(32)5)15-25-27(34)31(29(36)38-25)16-26(33)30-23-11-10-17(2)18(3)12-23/h7-15H,6,16H2,1-5H3,(H,30,33)/b25-15+. The molecule has 0 bridgehead atoms. The first kappa shape index (κ1) is 26.9. The Labute approximate surface area is 225 Å². The van der Waals surface area contributed by atoms with Gasteiger partial charge in [-0.25, -0.2) is 4.79 Å². The first-order valence-corrected chi connectivity index (χ1v) is 13.0. The molecule has 1 aliphatic rings. The lowest BCUT2D eigenvalue weighted by Crippen LogP contribution is -2.36. The van der Waals surface area contributed by atoms with Gasteiger partial charge in [-0.15, -0.1) is 0 Å². The van der Waals surface area contributed by atoms with Crippen LogP contribution in [0.5, 0.6) is 0 Å². The van der Waals surface area contributed by atoms with Gasteiger partial charge in [0.15, 0.2) is 0 Å². The Balaban J connectivity index is 1.53. The summed E-state index contributed by atoms with van der Waals surface area (Å²) in [6.45, 7) is 9.42. The number of ether oxygens (including phenoxy) is 1. The lowest BCUT2D eigenvalue weighted by molar-refractivity contribution is -0.127. The van der Waals surface area contributed by atoms with Gasteiger partial charge >= 0.3 is 5.97 Å². The van der Waals surface area contributed by atoms with E-state index in [9.17, 15) is 19.2 Å². The summed E-state index contributed by atoms with van der Waals surface area (Å²) < 4.78 is 7.08. The zero-order valence-corrected chi connectivity index (χ0v) is 22.8. The Bertz CT molecular complexity index is 1490. The van der Waals surface area contributed by atoms with Crippen molar-refractivity contribution in [3.8, 4) is 5.69 Å². The van der Waals surface area contributed by atoms with Gasteiger partial charge in [-0.3, -0.25) is 19.3 Å². The number of rotatable bonds is 7. The maximum atomic E-state index is 13.0. The number of thioether (sulfide) groups is 1. The summed E-state index contributed by atoms with van der Waals surface area (Å²) in [5.41, 5.74) is 6.45. The number of hydrogen-bond donors (Lipinski definition) is 1. The Hall–Kier alpha value is -4.11. The smallest absolute Gasteiger partial charge is 0.338 e. The number of amides is 3. The van der Waals surface area contributed by atoms with E-state index >= 15 is 0 Å². The molecule has 2 heterocycles. The second-order valence-corrected chi connectivity index (χ2v) is 10.0. The van der Waals surface area contributed by atoms with E-state index in [1.165, 1.54) is 0 Å². The molecule has 9 heteroatoms. The summed E-state index contributed by atoms with van der Waals surface area (Å²) in [5.74, 6) is -1.35. The number of benzene rings is 2. The van der Waals surface area contributed by atoms with Gasteiger partial charge in [0.2, 0.25) is 5.91 Å². The molecule has 0 saturated carbocycles. The van der Waals surface area contributed by atoms with Crippen LogP contribution < -0.4 is 5.32 Å². The van der Waals surface area contributed by atoms with E-state index in [0.29, 0.717) is 11.3 Å². The van der Waals surface area contributed by atoms with Crippen molar-refractivity contribution in [3.63, 3.8) is 0 Å². The molecular formula is C29H29N3O5S. The highest BCUT2D eigenvalue weighted by Crippen LogP contribution is 2.34. The number of nitrogens with one attached hydrogen (secondary N) is 1. The molecule has 1 saturated heterocycles. The molecule has 2 aromatic carbocycles. The van der Waals surface area contributed by atoms with Crippen LogP contribution in [0.15, 0.2) is 53.4 Å². The van der Waals surface area contributed by atoms with Crippen molar-refractivity contribution in [2.24, 2.45) is 0 Å². The third-order valence-corrected chi connectivity index (χ3v) is 7.25. The normalized spacial score (nSPS) is 14.3. The summed E-state index contributed by atoms with van der Waals surface area (Å²) in [6, 6.07) is 14.6. The second-order valence-electron chi connectivity index (χ2n) is 9.05. The molecule has 4 rings (SSSR count). The van der Waals surface area contributed by atoms with Gasteiger partial charge in [-0.1, -0.05) is 12.1 Å². The van der Waals surface area contributed by atoms with Gasteiger partial charge in [0.05, 0.1) is 17.1 Å². The lowest BCUT2D eigenvalue weighted by Gasteiger charge is -2.13. The molecule has 1 fully saturated rings. The minimum atomic E-state index is -0.510. The molecule has 1 aromatic heterocycles. The van der Waals surface area contributed by atoms with Crippen LogP contribution in [0.1, 0.15) is 45.4 Å². The van der Waals surface area contributed by atoms with Gasteiger partial charge in [-0.2, -0.15) is 0 Å². The lowest BCUT2D eigenvalue weighted by atomic mass is 10.1. The number of hydrogen-bond acceptors (Lipinski definition) is 6. The van der Waals surface area contributed by atoms with E-state index in [-0.39, 0.29) is 18.1 Å². The van der Waals surface area contributed by atoms with Crippen LogP contribution in [-0.2, 0) is 14.3 Å². The third kappa shape index (κ3) is 5.57. The highest BCUT2D eigenvalue weighted by Gasteiger charge is 2.36. The quantitative estimate of drug-likeness (QED) is 0.317. The first-order chi connectivity index (χ1) is 18.1. The number of imide groups is 1. The summed E-state index contributed by atoms with van der Waals surface area (Å²) >= 11 is 0.809. The highest BCUT2D eigenvalue weighted by molar-refractivity contribution is 8.18. The van der Waals surface area contributed by atoms with E-state index in [1.807, 2.05) is 56.5 Å². The van der Waals surface area contributed by atoms with Gasteiger partial charge < -0.3 is 14.6 Å². The van der Waals surface area contributed by atoms with Crippen molar-refractivity contribution in [1.82, 2.24) is 9.47 Å². The summed E-state index contributed by atoms with van der Waals surface area (Å²) in [6.07, 6.45) is 1.67. The van der Waals surface area contributed by atoms with Crippen molar-refractivity contribution in [1.29, 1.82) is 0 Å². The molecule has 0 spiro atoms. The minimum Gasteiger partial charge on any atom is -0.462 e. The summed E-state index contributed by atoms with van der Waals surface area (Å²) in [5, 5.41) is 2.26. The molecule has 1 aliphatic heterocycles. The molecule has 0 radical (unpaired) electrons. The van der Waals surface area contributed by atoms with Crippen LogP contribution in [0.4, 0.5) is 10.5 Å². The average Bonchev–Trinajstić information content (AvgIpc) is 3.30. The molecule has 3 aromatic rings. The number of esters is 1. The zero-order chi connectivity index (χ0) is 27.6. The topological polar surface area (TPSA) is 97.7 Å². The van der Waals surface area contributed by atoms with Gasteiger partial charge in [0.25, 0.3) is 11.1 Å². The predicted molar refractivity (Wildman–Crippen MR) is 148 cm³/mol. The zero-order valence-electron chi connectivity index (χ0n) is 22.0. The number of carbonyl (C=O) groups excluding carboxylic acids is 4. The SMILES string of the molecule is CCOC(=O)c1cccc(-n2c(C)cc(/C=C3/SC(=O)N(CC(=O)Nc4ccc(C)c(C)c4)C3=O)c2C)c1. The Morgan fingerprint density at radius 3 is 2.47 bits per heavy atom. The van der Waals surface area contributed by atoms with Gasteiger partial charge in [0.1, 0.15) is 6.54 Å². The molecular weight excluding hydrogens is 502 g/mol. The maximum Gasteiger partial charge on any atom is 0.338 e. The number of aromatic nitrogens is 1.